The summed E-state index contributed by atoms with van der Waals surface area (Å²) < 4.78 is 27.0. The second kappa shape index (κ2) is 3.58. The van der Waals surface area contributed by atoms with Gasteiger partial charge in [0.25, 0.3) is 0 Å². The van der Waals surface area contributed by atoms with Crippen molar-refractivity contribution in [2.24, 2.45) is 0 Å². The van der Waals surface area contributed by atoms with E-state index in [1.807, 2.05) is 22.6 Å². The fourth-order valence-corrected chi connectivity index (χ4v) is 2.07. The molecule has 0 aliphatic carbocycles. The van der Waals surface area contributed by atoms with Gasteiger partial charge >= 0.3 is 0 Å². The number of pyridine rings is 1. The third-order valence-electron chi connectivity index (χ3n) is 1.80. The van der Waals surface area contributed by atoms with Gasteiger partial charge in [0.05, 0.1) is 0 Å². The van der Waals surface area contributed by atoms with Crippen LogP contribution in [-0.4, -0.2) is 4.98 Å². The highest BCUT2D eigenvalue weighted by molar-refractivity contribution is 14.1. The maximum Gasteiger partial charge on any atom is 0.232 e. The van der Waals surface area contributed by atoms with Gasteiger partial charge in [-0.15, -0.1) is 0 Å². The summed E-state index contributed by atoms with van der Waals surface area (Å²) in [6, 6.07) is 2.99. The molecule has 0 fully saturated rings. The van der Waals surface area contributed by atoms with E-state index in [9.17, 15) is 8.78 Å². The minimum absolute atomic E-state index is 0.0829. The van der Waals surface area contributed by atoms with Crippen molar-refractivity contribution in [3.8, 4) is 0 Å². The van der Waals surface area contributed by atoms with Crippen molar-refractivity contribution in [2.75, 3.05) is 0 Å². The highest BCUT2D eigenvalue weighted by atomic mass is 127. The molecule has 0 aliphatic heterocycles. The third kappa shape index (κ3) is 1.56. The molecule has 1 aromatic carbocycles. The molecule has 2 aromatic rings. The Labute approximate surface area is 97.2 Å². The normalized spacial score (nSPS) is 10.9. The SMILES string of the molecule is Fc1ncc2cc(I)cc(F)c2c1Cl. The predicted molar refractivity (Wildman–Crippen MR) is 59.4 cm³/mol. The zero-order chi connectivity index (χ0) is 10.3. The summed E-state index contributed by atoms with van der Waals surface area (Å²) in [5.41, 5.74) is 0. The molecule has 0 radical (unpaired) electrons. The van der Waals surface area contributed by atoms with E-state index in [0.29, 0.717) is 5.39 Å². The Kier molecular flexibility index (Phi) is 2.57. The van der Waals surface area contributed by atoms with Gasteiger partial charge in [-0.25, -0.2) is 9.37 Å². The molecule has 14 heavy (non-hydrogen) atoms. The zero-order valence-corrected chi connectivity index (χ0v) is 9.60. The number of hydrogen-bond acceptors (Lipinski definition) is 1. The van der Waals surface area contributed by atoms with Crippen molar-refractivity contribution < 1.29 is 8.78 Å². The van der Waals surface area contributed by atoms with E-state index in [0.717, 1.165) is 3.57 Å². The number of hydrogen-bond donors (Lipinski definition) is 0. The number of aromatic nitrogens is 1. The largest absolute Gasteiger partial charge is 0.232 e. The molecule has 2 rings (SSSR count). The Hall–Kier alpha value is -0.490. The summed E-state index contributed by atoms with van der Waals surface area (Å²) in [4.78, 5) is 3.42. The van der Waals surface area contributed by atoms with Crippen LogP contribution in [0.2, 0.25) is 5.02 Å². The van der Waals surface area contributed by atoms with Crippen LogP contribution in [0.3, 0.4) is 0 Å². The van der Waals surface area contributed by atoms with Crippen LogP contribution in [0.1, 0.15) is 0 Å². The van der Waals surface area contributed by atoms with E-state index in [1.54, 1.807) is 6.07 Å². The molecule has 5 heteroatoms. The van der Waals surface area contributed by atoms with Gasteiger partial charge in [-0.3, -0.25) is 0 Å². The first-order valence-electron chi connectivity index (χ1n) is 3.68. The number of benzene rings is 1. The van der Waals surface area contributed by atoms with Gasteiger partial charge in [-0.2, -0.15) is 4.39 Å². The zero-order valence-electron chi connectivity index (χ0n) is 6.69. The molecule has 0 aliphatic rings. The van der Waals surface area contributed by atoms with Crippen LogP contribution in [0.25, 0.3) is 10.8 Å². The van der Waals surface area contributed by atoms with E-state index < -0.39 is 11.8 Å². The average Bonchev–Trinajstić information content (AvgIpc) is 2.10. The van der Waals surface area contributed by atoms with Crippen LogP contribution in [0.5, 0.6) is 0 Å². The van der Waals surface area contributed by atoms with Crippen LogP contribution < -0.4 is 0 Å². The molecule has 0 spiro atoms. The van der Waals surface area contributed by atoms with Crippen molar-refractivity contribution >= 4 is 45.0 Å². The van der Waals surface area contributed by atoms with Crippen molar-refractivity contribution in [3.05, 3.63) is 38.7 Å². The van der Waals surface area contributed by atoms with E-state index in [2.05, 4.69) is 4.98 Å². The lowest BCUT2D eigenvalue weighted by molar-refractivity contribution is 0.584. The molecule has 0 saturated carbocycles. The fourth-order valence-electron chi connectivity index (χ4n) is 1.21. The quantitative estimate of drug-likeness (QED) is 0.531. The maximum absolute atomic E-state index is 13.4. The van der Waals surface area contributed by atoms with Gasteiger partial charge in [0.1, 0.15) is 10.8 Å². The van der Waals surface area contributed by atoms with E-state index in [1.165, 1.54) is 12.3 Å². The second-order valence-electron chi connectivity index (χ2n) is 2.71. The van der Waals surface area contributed by atoms with Crippen LogP contribution in [-0.2, 0) is 0 Å². The molecule has 1 aromatic heterocycles. The minimum Gasteiger partial charge on any atom is -0.226 e. The molecule has 1 heterocycles. The predicted octanol–water partition coefficient (Wildman–Crippen LogP) is 3.77. The summed E-state index contributed by atoms with van der Waals surface area (Å²) in [7, 11) is 0. The maximum atomic E-state index is 13.4. The molecule has 0 saturated heterocycles. The summed E-state index contributed by atoms with van der Waals surface area (Å²) in [5.74, 6) is -1.38. The van der Waals surface area contributed by atoms with Crippen molar-refractivity contribution in [2.45, 2.75) is 0 Å². The number of halogens is 4. The summed E-state index contributed by atoms with van der Waals surface area (Å²) >= 11 is 7.57. The van der Waals surface area contributed by atoms with Gasteiger partial charge < -0.3 is 0 Å². The van der Waals surface area contributed by atoms with Crippen molar-refractivity contribution in [3.63, 3.8) is 0 Å². The number of fused-ring (bicyclic) bond motifs is 1. The third-order valence-corrected chi connectivity index (χ3v) is 2.77. The Morgan fingerprint density at radius 2 is 2.00 bits per heavy atom. The molecular formula is C9H3ClF2IN. The first kappa shape index (κ1) is 10.0. The smallest absolute Gasteiger partial charge is 0.226 e. The van der Waals surface area contributed by atoms with E-state index >= 15 is 0 Å². The van der Waals surface area contributed by atoms with Crippen molar-refractivity contribution in [1.29, 1.82) is 0 Å². The summed E-state index contributed by atoms with van der Waals surface area (Å²) in [6.07, 6.45) is 1.27. The first-order chi connectivity index (χ1) is 6.59. The van der Waals surface area contributed by atoms with Crippen LogP contribution >= 0.6 is 34.2 Å². The van der Waals surface area contributed by atoms with Gasteiger partial charge in [-0.1, -0.05) is 11.6 Å². The Morgan fingerprint density at radius 1 is 1.29 bits per heavy atom. The topological polar surface area (TPSA) is 12.9 Å². The van der Waals surface area contributed by atoms with Gasteiger partial charge in [0.15, 0.2) is 0 Å². The van der Waals surface area contributed by atoms with Gasteiger partial charge in [-0.05, 0) is 34.7 Å². The Morgan fingerprint density at radius 3 is 2.71 bits per heavy atom. The first-order valence-corrected chi connectivity index (χ1v) is 5.14. The Bertz CT molecular complexity index is 516. The van der Waals surface area contributed by atoms with Crippen molar-refractivity contribution in [1.82, 2.24) is 4.98 Å². The fraction of sp³-hybridized carbons (Fsp3) is 0. The number of rotatable bonds is 0. The Balaban J connectivity index is 2.95. The molecule has 0 N–H and O–H groups in total. The lowest BCUT2D eigenvalue weighted by atomic mass is 10.2. The monoisotopic (exact) mass is 325 g/mol. The highest BCUT2D eigenvalue weighted by Gasteiger charge is 2.11. The van der Waals surface area contributed by atoms with Crippen LogP contribution in [0.15, 0.2) is 18.3 Å². The lowest BCUT2D eigenvalue weighted by Gasteiger charge is -2.02. The molecule has 72 valence electrons. The van der Waals surface area contributed by atoms with Crippen LogP contribution in [0.4, 0.5) is 8.78 Å². The molecular weight excluding hydrogens is 322 g/mol. The second-order valence-corrected chi connectivity index (χ2v) is 4.34. The number of nitrogens with zero attached hydrogens (tertiary/aromatic N) is 1. The van der Waals surface area contributed by atoms with Crippen LogP contribution in [0, 0.1) is 15.3 Å². The molecule has 0 bridgehead atoms. The standard InChI is InChI=1S/C9H3ClF2IN/c10-8-7-4(3-14-9(8)12)1-5(13)2-6(7)11/h1-3H. The van der Waals surface area contributed by atoms with E-state index in [4.69, 9.17) is 11.6 Å². The lowest BCUT2D eigenvalue weighted by Crippen LogP contribution is -1.90. The average molecular weight is 325 g/mol. The molecule has 0 atom stereocenters. The van der Waals surface area contributed by atoms with Gasteiger partial charge in [0, 0.05) is 20.5 Å². The van der Waals surface area contributed by atoms with E-state index in [-0.39, 0.29) is 10.4 Å². The molecule has 1 nitrogen and oxygen atoms in total. The van der Waals surface area contributed by atoms with Gasteiger partial charge in [0.2, 0.25) is 5.95 Å². The minimum atomic E-state index is -0.848. The summed E-state index contributed by atoms with van der Waals surface area (Å²) in [6.45, 7) is 0. The summed E-state index contributed by atoms with van der Waals surface area (Å²) in [5, 5.41) is 0.316. The molecule has 0 amide bonds. The highest BCUT2D eigenvalue weighted by Crippen LogP contribution is 2.28. The molecule has 0 unspecified atom stereocenters.